The third-order valence-corrected chi connectivity index (χ3v) is 4.05. The molecule has 6 nitrogen and oxygen atoms in total. The molecular weight excluding hydrogens is 316 g/mol. The zero-order chi connectivity index (χ0) is 16.7. The van der Waals surface area contributed by atoms with Gasteiger partial charge in [0.25, 0.3) is 0 Å². The molecule has 1 amide bonds. The van der Waals surface area contributed by atoms with Gasteiger partial charge in [0.2, 0.25) is 10.0 Å². The highest BCUT2D eigenvalue weighted by Gasteiger charge is 2.07. The second-order valence-electron chi connectivity index (χ2n) is 4.92. The Morgan fingerprint density at radius 2 is 1.70 bits per heavy atom. The first kappa shape index (κ1) is 17.0. The molecule has 2 rings (SSSR count). The van der Waals surface area contributed by atoms with Gasteiger partial charge in [-0.15, -0.1) is 0 Å². The molecule has 0 aliphatic carbocycles. The Labute approximate surface area is 135 Å². The molecule has 0 unspecified atom stereocenters. The molecule has 7 heteroatoms. The first-order valence-corrected chi connectivity index (χ1v) is 8.62. The molecule has 0 saturated heterocycles. The number of rotatable bonds is 6. The van der Waals surface area contributed by atoms with Gasteiger partial charge in [0.1, 0.15) is 5.75 Å². The minimum atomic E-state index is -3.66. The van der Waals surface area contributed by atoms with Crippen LogP contribution < -0.4 is 15.2 Å². The van der Waals surface area contributed by atoms with Gasteiger partial charge in [0.15, 0.2) is 0 Å². The highest BCUT2D eigenvalue weighted by Crippen LogP contribution is 2.10. The number of nitrogens with two attached hydrogens (primary N) is 1. The zero-order valence-corrected chi connectivity index (χ0v) is 13.3. The SMILES string of the molecule is NS(=O)(=O)c1ccc(CCCNC(=O)Oc2ccccc2)cc1. The summed E-state index contributed by atoms with van der Waals surface area (Å²) in [6, 6.07) is 15.2. The maximum Gasteiger partial charge on any atom is 0.412 e. The molecule has 2 aromatic rings. The Morgan fingerprint density at radius 3 is 2.30 bits per heavy atom. The van der Waals surface area contributed by atoms with Crippen LogP contribution in [0.15, 0.2) is 59.5 Å². The van der Waals surface area contributed by atoms with Gasteiger partial charge in [-0.1, -0.05) is 30.3 Å². The fourth-order valence-electron chi connectivity index (χ4n) is 1.96. The van der Waals surface area contributed by atoms with Gasteiger partial charge in [-0.2, -0.15) is 0 Å². The minimum Gasteiger partial charge on any atom is -0.410 e. The van der Waals surface area contributed by atoms with E-state index in [4.69, 9.17) is 9.88 Å². The summed E-state index contributed by atoms with van der Waals surface area (Å²) in [5.41, 5.74) is 0.968. The van der Waals surface area contributed by atoms with Crippen LogP contribution >= 0.6 is 0 Å². The quantitative estimate of drug-likeness (QED) is 0.790. The predicted octanol–water partition coefficient (Wildman–Crippen LogP) is 2.06. The zero-order valence-electron chi connectivity index (χ0n) is 12.4. The molecular formula is C16H18N2O4S. The molecule has 0 bridgehead atoms. The molecule has 0 aromatic heterocycles. The molecule has 0 saturated carbocycles. The van der Waals surface area contributed by atoms with Crippen LogP contribution in [0.25, 0.3) is 0 Å². The van der Waals surface area contributed by atoms with Crippen molar-refractivity contribution in [2.45, 2.75) is 17.7 Å². The molecule has 23 heavy (non-hydrogen) atoms. The fourth-order valence-corrected chi connectivity index (χ4v) is 2.48. The van der Waals surface area contributed by atoms with Crippen molar-refractivity contribution < 1.29 is 17.9 Å². The van der Waals surface area contributed by atoms with Gasteiger partial charge >= 0.3 is 6.09 Å². The number of carbonyl (C=O) groups excluding carboxylic acids is 1. The molecule has 3 N–H and O–H groups in total. The van der Waals surface area contributed by atoms with Gasteiger partial charge in [0.05, 0.1) is 4.90 Å². The second-order valence-corrected chi connectivity index (χ2v) is 6.48. The summed E-state index contributed by atoms with van der Waals surface area (Å²) in [5, 5.41) is 7.70. The van der Waals surface area contributed by atoms with Crippen molar-refractivity contribution in [3.8, 4) is 5.75 Å². The Bertz CT molecular complexity index is 743. The average molecular weight is 334 g/mol. The number of nitrogens with one attached hydrogen (secondary N) is 1. The number of primary sulfonamides is 1. The number of para-hydroxylation sites is 1. The maximum atomic E-state index is 11.6. The summed E-state index contributed by atoms with van der Waals surface area (Å²) >= 11 is 0. The summed E-state index contributed by atoms with van der Waals surface area (Å²) in [6.45, 7) is 0.461. The monoisotopic (exact) mass is 334 g/mol. The van der Waals surface area contributed by atoms with Crippen LogP contribution in [-0.4, -0.2) is 21.1 Å². The first-order chi connectivity index (χ1) is 10.9. The first-order valence-electron chi connectivity index (χ1n) is 7.07. The Morgan fingerprint density at radius 1 is 1.04 bits per heavy atom. The lowest BCUT2D eigenvalue weighted by Gasteiger charge is -2.07. The Balaban J connectivity index is 1.72. The fraction of sp³-hybridized carbons (Fsp3) is 0.188. The molecule has 0 radical (unpaired) electrons. The number of sulfonamides is 1. The van der Waals surface area contributed by atoms with Gasteiger partial charge in [-0.25, -0.2) is 18.4 Å². The molecule has 0 spiro atoms. The highest BCUT2D eigenvalue weighted by molar-refractivity contribution is 7.89. The van der Waals surface area contributed by atoms with E-state index in [0.29, 0.717) is 25.1 Å². The Kier molecular flexibility index (Phi) is 5.72. The van der Waals surface area contributed by atoms with Crippen molar-refractivity contribution in [2.75, 3.05) is 6.54 Å². The predicted molar refractivity (Wildman–Crippen MR) is 86.6 cm³/mol. The smallest absolute Gasteiger partial charge is 0.410 e. The lowest BCUT2D eigenvalue weighted by Crippen LogP contribution is -2.27. The largest absolute Gasteiger partial charge is 0.412 e. The van der Waals surface area contributed by atoms with Crippen LogP contribution in [0.4, 0.5) is 4.79 Å². The van der Waals surface area contributed by atoms with Gasteiger partial charge < -0.3 is 10.1 Å². The van der Waals surface area contributed by atoms with Crippen LogP contribution in [0.1, 0.15) is 12.0 Å². The van der Waals surface area contributed by atoms with E-state index in [-0.39, 0.29) is 4.90 Å². The van der Waals surface area contributed by atoms with Crippen molar-refractivity contribution in [2.24, 2.45) is 5.14 Å². The standard InChI is InChI=1S/C16H18N2O4S/c17-23(20,21)15-10-8-13(9-11-15)5-4-12-18-16(19)22-14-6-2-1-3-7-14/h1-3,6-11H,4-5,12H2,(H,18,19)(H2,17,20,21). The minimum absolute atomic E-state index is 0.0887. The average Bonchev–Trinajstić information content (AvgIpc) is 2.52. The van der Waals surface area contributed by atoms with Crippen molar-refractivity contribution in [1.82, 2.24) is 5.32 Å². The van der Waals surface area contributed by atoms with Crippen LogP contribution in [0.3, 0.4) is 0 Å². The third-order valence-electron chi connectivity index (χ3n) is 3.12. The van der Waals surface area contributed by atoms with E-state index in [1.54, 1.807) is 36.4 Å². The molecule has 2 aromatic carbocycles. The lowest BCUT2D eigenvalue weighted by atomic mass is 10.1. The number of ether oxygens (including phenoxy) is 1. The van der Waals surface area contributed by atoms with E-state index in [1.807, 2.05) is 6.07 Å². The number of carbonyl (C=O) groups is 1. The van der Waals surface area contributed by atoms with Crippen molar-refractivity contribution >= 4 is 16.1 Å². The van der Waals surface area contributed by atoms with Gasteiger partial charge in [-0.3, -0.25) is 0 Å². The maximum absolute atomic E-state index is 11.6. The third kappa shape index (κ3) is 5.72. The highest BCUT2D eigenvalue weighted by atomic mass is 32.2. The number of aryl methyl sites for hydroxylation is 1. The lowest BCUT2D eigenvalue weighted by molar-refractivity contribution is 0.200. The van der Waals surface area contributed by atoms with Gasteiger partial charge in [-0.05, 0) is 42.7 Å². The van der Waals surface area contributed by atoms with Crippen molar-refractivity contribution in [3.63, 3.8) is 0 Å². The van der Waals surface area contributed by atoms with Crippen molar-refractivity contribution in [3.05, 3.63) is 60.2 Å². The van der Waals surface area contributed by atoms with E-state index >= 15 is 0 Å². The molecule has 0 aliphatic heterocycles. The summed E-state index contributed by atoms with van der Waals surface area (Å²) in [7, 11) is -3.66. The van der Waals surface area contributed by atoms with E-state index < -0.39 is 16.1 Å². The van der Waals surface area contributed by atoms with E-state index in [1.165, 1.54) is 12.1 Å². The van der Waals surface area contributed by atoms with E-state index in [2.05, 4.69) is 5.32 Å². The summed E-state index contributed by atoms with van der Waals surface area (Å²) < 4.78 is 27.4. The molecule has 122 valence electrons. The number of amides is 1. The Hall–Kier alpha value is -2.38. The summed E-state index contributed by atoms with van der Waals surface area (Å²) in [5.74, 6) is 0.489. The van der Waals surface area contributed by atoms with E-state index in [0.717, 1.165) is 5.56 Å². The van der Waals surface area contributed by atoms with Crippen LogP contribution in [0.5, 0.6) is 5.75 Å². The summed E-state index contributed by atoms with van der Waals surface area (Å²) in [4.78, 5) is 11.7. The topological polar surface area (TPSA) is 98.5 Å². The molecule has 0 aliphatic rings. The van der Waals surface area contributed by atoms with Crippen LogP contribution in [-0.2, 0) is 16.4 Å². The molecule has 0 atom stereocenters. The van der Waals surface area contributed by atoms with Gasteiger partial charge in [0, 0.05) is 6.54 Å². The van der Waals surface area contributed by atoms with Crippen LogP contribution in [0.2, 0.25) is 0 Å². The normalized spacial score (nSPS) is 11.0. The molecule has 0 heterocycles. The summed E-state index contributed by atoms with van der Waals surface area (Å²) in [6.07, 6.45) is 0.913. The second kappa shape index (κ2) is 7.75. The van der Waals surface area contributed by atoms with Crippen molar-refractivity contribution in [1.29, 1.82) is 0 Å². The molecule has 0 fully saturated rings. The van der Waals surface area contributed by atoms with Crippen LogP contribution in [0, 0.1) is 0 Å². The number of hydrogen-bond donors (Lipinski definition) is 2. The van der Waals surface area contributed by atoms with E-state index in [9.17, 15) is 13.2 Å². The number of benzene rings is 2. The number of hydrogen-bond acceptors (Lipinski definition) is 4.